The Morgan fingerprint density at radius 3 is 2.00 bits per heavy atom. The lowest BCUT2D eigenvalue weighted by Crippen LogP contribution is -2.16. The van der Waals surface area contributed by atoms with Gasteiger partial charge < -0.3 is 10.5 Å². The summed E-state index contributed by atoms with van der Waals surface area (Å²) >= 11 is 15.7. The van der Waals surface area contributed by atoms with Crippen LogP contribution in [0.5, 0.6) is 5.75 Å². The highest BCUT2D eigenvalue weighted by Crippen LogP contribution is 2.38. The van der Waals surface area contributed by atoms with Crippen LogP contribution in [0.25, 0.3) is 0 Å². The molecule has 1 aromatic rings. The van der Waals surface area contributed by atoms with Gasteiger partial charge in [0.25, 0.3) is 0 Å². The topological polar surface area (TPSA) is 35.2 Å². The van der Waals surface area contributed by atoms with E-state index in [0.29, 0.717) is 0 Å². The van der Waals surface area contributed by atoms with Gasteiger partial charge >= 0.3 is 5.57 Å². The normalized spacial score (nSPS) is 11.5. The van der Waals surface area contributed by atoms with Crippen molar-refractivity contribution in [3.05, 3.63) is 22.2 Å². The van der Waals surface area contributed by atoms with Gasteiger partial charge in [-0.1, -0.05) is 23.2 Å². The SMILES string of the molecule is Nc1cc(Cl)c(OC(F)(F)Cl)c(Cl)c1. The molecule has 0 aliphatic carbocycles. The molecule has 0 unspecified atom stereocenters. The van der Waals surface area contributed by atoms with Crippen molar-refractivity contribution < 1.29 is 13.5 Å². The first-order chi connectivity index (χ1) is 6.29. The number of halogens is 5. The maximum atomic E-state index is 12.3. The summed E-state index contributed by atoms with van der Waals surface area (Å²) in [7, 11) is 0. The summed E-state index contributed by atoms with van der Waals surface area (Å²) in [5.41, 5.74) is 1.73. The van der Waals surface area contributed by atoms with Crippen LogP contribution in [0.1, 0.15) is 0 Å². The second-order valence-electron chi connectivity index (χ2n) is 2.36. The maximum Gasteiger partial charge on any atom is 0.487 e. The van der Waals surface area contributed by atoms with Gasteiger partial charge in [-0.3, -0.25) is 0 Å². The van der Waals surface area contributed by atoms with Crippen LogP contribution >= 0.6 is 34.8 Å². The first kappa shape index (κ1) is 11.6. The molecule has 0 heterocycles. The molecule has 0 amide bonds. The highest BCUT2D eigenvalue weighted by Gasteiger charge is 2.30. The minimum atomic E-state index is -3.86. The molecule has 7 heteroatoms. The number of nitrogens with two attached hydrogens (primary N) is 1. The monoisotopic (exact) mass is 261 g/mol. The summed E-state index contributed by atoms with van der Waals surface area (Å²) in [6.45, 7) is 0. The lowest BCUT2D eigenvalue weighted by molar-refractivity contribution is -0.0963. The van der Waals surface area contributed by atoms with Gasteiger partial charge in [-0.15, -0.1) is 8.78 Å². The molecule has 2 nitrogen and oxygen atoms in total. The second kappa shape index (κ2) is 3.96. The van der Waals surface area contributed by atoms with E-state index in [-0.39, 0.29) is 15.7 Å². The van der Waals surface area contributed by atoms with E-state index in [4.69, 9.17) is 28.9 Å². The number of hydrogen-bond acceptors (Lipinski definition) is 2. The Morgan fingerprint density at radius 2 is 1.64 bits per heavy atom. The van der Waals surface area contributed by atoms with Gasteiger partial charge in [-0.05, 0) is 12.1 Å². The molecule has 0 aliphatic rings. The first-order valence-corrected chi connectivity index (χ1v) is 4.43. The van der Waals surface area contributed by atoms with E-state index in [9.17, 15) is 8.78 Å². The van der Waals surface area contributed by atoms with Gasteiger partial charge in [-0.2, -0.15) is 0 Å². The third-order valence-electron chi connectivity index (χ3n) is 1.24. The molecule has 14 heavy (non-hydrogen) atoms. The summed E-state index contributed by atoms with van der Waals surface area (Å²) in [5, 5.41) is -0.259. The van der Waals surface area contributed by atoms with Crippen molar-refractivity contribution in [3.8, 4) is 5.75 Å². The average molecular weight is 262 g/mol. The summed E-state index contributed by atoms with van der Waals surface area (Å²) in [4.78, 5) is 0. The molecule has 0 bridgehead atoms. The fraction of sp³-hybridized carbons (Fsp3) is 0.143. The van der Waals surface area contributed by atoms with Crippen molar-refractivity contribution in [2.45, 2.75) is 5.57 Å². The molecule has 0 radical (unpaired) electrons. The van der Waals surface area contributed by atoms with Crippen LogP contribution < -0.4 is 10.5 Å². The average Bonchev–Trinajstić information content (AvgIpc) is 1.95. The molecule has 0 saturated heterocycles. The van der Waals surface area contributed by atoms with Crippen LogP contribution in [0.4, 0.5) is 14.5 Å². The highest BCUT2D eigenvalue weighted by molar-refractivity contribution is 6.37. The van der Waals surface area contributed by atoms with Crippen LogP contribution in [-0.4, -0.2) is 5.57 Å². The maximum absolute atomic E-state index is 12.3. The Hall–Kier alpha value is -0.450. The number of rotatable bonds is 2. The molecule has 1 rings (SSSR count). The minimum Gasteiger partial charge on any atom is -0.417 e. The largest absolute Gasteiger partial charge is 0.487 e. The zero-order valence-corrected chi connectivity index (χ0v) is 8.80. The summed E-state index contributed by atoms with van der Waals surface area (Å²) in [6, 6.07) is 2.46. The summed E-state index contributed by atoms with van der Waals surface area (Å²) in [5.74, 6) is -0.400. The van der Waals surface area contributed by atoms with Crippen molar-refractivity contribution >= 4 is 40.5 Å². The first-order valence-electron chi connectivity index (χ1n) is 3.30. The van der Waals surface area contributed by atoms with Crippen LogP contribution in [0.15, 0.2) is 12.1 Å². The molecule has 78 valence electrons. The van der Waals surface area contributed by atoms with Crippen LogP contribution in [0.2, 0.25) is 10.0 Å². The molecule has 0 aromatic heterocycles. The third-order valence-corrected chi connectivity index (χ3v) is 1.88. The van der Waals surface area contributed by atoms with Gasteiger partial charge in [0, 0.05) is 17.3 Å². The number of anilines is 1. The van der Waals surface area contributed by atoms with Gasteiger partial charge in [0.1, 0.15) is 0 Å². The van der Waals surface area contributed by atoms with Gasteiger partial charge in [-0.25, -0.2) is 0 Å². The van der Waals surface area contributed by atoms with E-state index in [0.717, 1.165) is 0 Å². The molecule has 0 spiro atoms. The van der Waals surface area contributed by atoms with E-state index in [1.165, 1.54) is 12.1 Å². The van der Waals surface area contributed by atoms with Gasteiger partial charge in [0.2, 0.25) is 0 Å². The smallest absolute Gasteiger partial charge is 0.417 e. The van der Waals surface area contributed by atoms with E-state index in [1.54, 1.807) is 0 Å². The third kappa shape index (κ3) is 3.04. The van der Waals surface area contributed by atoms with Crippen LogP contribution in [0, 0.1) is 0 Å². The van der Waals surface area contributed by atoms with Crippen LogP contribution in [-0.2, 0) is 0 Å². The fourth-order valence-electron chi connectivity index (χ4n) is 0.793. The highest BCUT2D eigenvalue weighted by atomic mass is 35.5. The summed E-state index contributed by atoms with van der Waals surface area (Å²) < 4.78 is 28.6. The number of ether oxygens (including phenoxy) is 1. The van der Waals surface area contributed by atoms with E-state index < -0.39 is 11.3 Å². The predicted molar refractivity (Wildman–Crippen MR) is 52.3 cm³/mol. The molecular weight excluding hydrogens is 258 g/mol. The van der Waals surface area contributed by atoms with E-state index in [1.807, 2.05) is 0 Å². The van der Waals surface area contributed by atoms with Crippen molar-refractivity contribution in [2.24, 2.45) is 0 Å². The number of alkyl halides is 3. The Labute approximate surface area is 93.5 Å². The molecule has 0 aliphatic heterocycles. The number of hydrogen-bond donors (Lipinski definition) is 1. The predicted octanol–water partition coefficient (Wildman–Crippen LogP) is 3.74. The second-order valence-corrected chi connectivity index (χ2v) is 3.62. The quantitative estimate of drug-likeness (QED) is 0.651. The molecule has 2 N–H and O–H groups in total. The van der Waals surface area contributed by atoms with Crippen molar-refractivity contribution in [2.75, 3.05) is 5.73 Å². The lowest BCUT2D eigenvalue weighted by atomic mass is 10.3. The summed E-state index contributed by atoms with van der Waals surface area (Å²) in [6.07, 6.45) is 0. The van der Waals surface area contributed by atoms with Crippen molar-refractivity contribution in [3.63, 3.8) is 0 Å². The number of nitrogen functional groups attached to an aromatic ring is 1. The zero-order chi connectivity index (χ0) is 10.9. The molecule has 0 atom stereocenters. The molecule has 0 saturated carbocycles. The Balaban J connectivity index is 3.09. The Bertz CT molecular complexity index is 330. The lowest BCUT2D eigenvalue weighted by Gasteiger charge is -2.13. The minimum absolute atomic E-state index is 0.129. The van der Waals surface area contributed by atoms with E-state index in [2.05, 4.69) is 16.3 Å². The molecule has 0 fully saturated rings. The van der Waals surface area contributed by atoms with Gasteiger partial charge in [0.15, 0.2) is 5.75 Å². The molecule has 1 aromatic carbocycles. The van der Waals surface area contributed by atoms with Gasteiger partial charge in [0.05, 0.1) is 10.0 Å². The molecular formula is C7H4Cl3F2NO. The standard InChI is InChI=1S/C7H4Cl3F2NO/c8-4-1-3(13)2-5(9)6(4)14-7(10,11)12/h1-2H,13H2. The Kier molecular flexibility index (Phi) is 3.29. The fourth-order valence-corrected chi connectivity index (χ4v) is 1.45. The van der Waals surface area contributed by atoms with Crippen molar-refractivity contribution in [1.29, 1.82) is 0 Å². The number of benzene rings is 1. The van der Waals surface area contributed by atoms with Crippen LogP contribution in [0.3, 0.4) is 0 Å². The van der Waals surface area contributed by atoms with E-state index >= 15 is 0 Å². The zero-order valence-electron chi connectivity index (χ0n) is 6.53. The Morgan fingerprint density at radius 1 is 1.21 bits per heavy atom. The van der Waals surface area contributed by atoms with Crippen molar-refractivity contribution in [1.82, 2.24) is 0 Å².